The second kappa shape index (κ2) is 6.82. The van der Waals surface area contributed by atoms with E-state index in [0.29, 0.717) is 22.7 Å². The molecule has 17 heavy (non-hydrogen) atoms. The summed E-state index contributed by atoms with van der Waals surface area (Å²) in [6.07, 6.45) is 2.49. The Balaban J connectivity index is 2.44. The van der Waals surface area contributed by atoms with Crippen LogP contribution in [0.25, 0.3) is 0 Å². The summed E-state index contributed by atoms with van der Waals surface area (Å²) in [6, 6.07) is 1.91. The van der Waals surface area contributed by atoms with E-state index in [-0.39, 0.29) is 0 Å². The predicted octanol–water partition coefficient (Wildman–Crippen LogP) is 2.74. The van der Waals surface area contributed by atoms with Crippen LogP contribution in [-0.4, -0.2) is 18.1 Å². The van der Waals surface area contributed by atoms with Gasteiger partial charge in [-0.1, -0.05) is 32.4 Å². The zero-order valence-corrected chi connectivity index (χ0v) is 11.6. The third kappa shape index (κ3) is 5.37. The highest BCUT2D eigenvalue weighted by Crippen LogP contribution is 2.18. The fraction of sp³-hybridized carbons (Fsp3) is 0.615. The van der Waals surface area contributed by atoms with Gasteiger partial charge in [-0.2, -0.15) is 0 Å². The maximum absolute atomic E-state index is 5.91. The molecule has 0 aromatic carbocycles. The number of nitrogen functional groups attached to an aromatic ring is 1. The Labute approximate surface area is 109 Å². The van der Waals surface area contributed by atoms with Crippen molar-refractivity contribution in [2.75, 3.05) is 18.8 Å². The van der Waals surface area contributed by atoms with Gasteiger partial charge in [-0.25, -0.2) is 4.98 Å². The Kier molecular flexibility index (Phi) is 5.72. The van der Waals surface area contributed by atoms with Crippen molar-refractivity contribution in [1.29, 1.82) is 0 Å². The van der Waals surface area contributed by atoms with Crippen LogP contribution in [0, 0.1) is 11.8 Å². The van der Waals surface area contributed by atoms with Crippen molar-refractivity contribution >= 4 is 17.4 Å². The summed E-state index contributed by atoms with van der Waals surface area (Å²) in [4.78, 5) is 4.07. The van der Waals surface area contributed by atoms with Gasteiger partial charge < -0.3 is 11.1 Å². The number of aromatic nitrogens is 1. The molecule has 0 bridgehead atoms. The highest BCUT2D eigenvalue weighted by atomic mass is 35.5. The van der Waals surface area contributed by atoms with Gasteiger partial charge in [0.25, 0.3) is 0 Å². The maximum atomic E-state index is 5.91. The Hall–Kier alpha value is -0.800. The minimum atomic E-state index is 0.524. The van der Waals surface area contributed by atoms with Crippen molar-refractivity contribution in [2.45, 2.75) is 27.2 Å². The molecule has 96 valence electrons. The topological polar surface area (TPSA) is 50.9 Å². The molecule has 0 radical (unpaired) electrons. The minimum Gasteiger partial charge on any atom is -0.383 e. The molecule has 4 heteroatoms. The predicted molar refractivity (Wildman–Crippen MR) is 74.2 cm³/mol. The van der Waals surface area contributed by atoms with Gasteiger partial charge in [0.15, 0.2) is 0 Å². The third-order valence-corrected chi connectivity index (χ3v) is 2.79. The number of rotatable bonds is 6. The van der Waals surface area contributed by atoms with Crippen molar-refractivity contribution in [3.63, 3.8) is 0 Å². The first-order valence-corrected chi connectivity index (χ1v) is 6.47. The summed E-state index contributed by atoms with van der Waals surface area (Å²) in [5.41, 5.74) is 6.86. The van der Waals surface area contributed by atoms with Gasteiger partial charge in [-0.05, 0) is 43.0 Å². The van der Waals surface area contributed by atoms with Crippen LogP contribution in [0.15, 0.2) is 12.3 Å². The number of hydrogen-bond donors (Lipinski definition) is 2. The molecule has 0 saturated carbocycles. The lowest BCUT2D eigenvalue weighted by Crippen LogP contribution is -2.26. The fourth-order valence-corrected chi connectivity index (χ4v) is 1.90. The van der Waals surface area contributed by atoms with Crippen LogP contribution in [0.5, 0.6) is 0 Å². The molecule has 1 aromatic heterocycles. The molecule has 1 atom stereocenters. The second-order valence-electron chi connectivity index (χ2n) is 5.06. The Morgan fingerprint density at radius 1 is 1.35 bits per heavy atom. The lowest BCUT2D eigenvalue weighted by molar-refractivity contribution is 0.473. The molecule has 1 unspecified atom stereocenters. The number of nitrogens with one attached hydrogen (secondary N) is 1. The van der Waals surface area contributed by atoms with E-state index < -0.39 is 0 Å². The van der Waals surface area contributed by atoms with Gasteiger partial charge in [0.1, 0.15) is 5.82 Å². The van der Waals surface area contributed by atoms with Crippen molar-refractivity contribution in [3.8, 4) is 0 Å². The molecule has 0 aliphatic heterocycles. The van der Waals surface area contributed by atoms with Gasteiger partial charge in [-0.3, -0.25) is 0 Å². The molecule has 0 saturated heterocycles. The molecular formula is C13H22ClN3. The van der Waals surface area contributed by atoms with Crippen LogP contribution in [-0.2, 0) is 6.42 Å². The molecule has 1 heterocycles. The summed E-state index contributed by atoms with van der Waals surface area (Å²) in [7, 11) is 0. The molecular weight excluding hydrogens is 234 g/mol. The van der Waals surface area contributed by atoms with Gasteiger partial charge in [0, 0.05) is 6.20 Å². The molecule has 0 amide bonds. The van der Waals surface area contributed by atoms with E-state index in [1.165, 1.54) is 0 Å². The standard InChI is InChI=1S/C13H22ClN3/c1-9(2)6-16-7-10(3)4-11-5-12(14)8-17-13(11)15/h5,8-10,16H,4,6-7H2,1-3H3,(H2,15,17). The zero-order valence-electron chi connectivity index (χ0n) is 10.8. The van der Waals surface area contributed by atoms with E-state index in [0.717, 1.165) is 25.1 Å². The summed E-state index contributed by atoms with van der Waals surface area (Å²) >= 11 is 5.91. The first-order chi connectivity index (χ1) is 7.99. The molecule has 1 rings (SSSR count). The largest absolute Gasteiger partial charge is 0.383 e. The van der Waals surface area contributed by atoms with Gasteiger partial charge in [0.2, 0.25) is 0 Å². The van der Waals surface area contributed by atoms with E-state index in [2.05, 4.69) is 31.1 Å². The van der Waals surface area contributed by atoms with Crippen LogP contribution < -0.4 is 11.1 Å². The summed E-state index contributed by atoms with van der Waals surface area (Å²) in [6.45, 7) is 8.65. The van der Waals surface area contributed by atoms with E-state index in [4.69, 9.17) is 17.3 Å². The molecule has 0 aliphatic rings. The van der Waals surface area contributed by atoms with Crippen molar-refractivity contribution < 1.29 is 0 Å². The number of anilines is 1. The number of nitrogens with zero attached hydrogens (tertiary/aromatic N) is 1. The summed E-state index contributed by atoms with van der Waals surface area (Å²) in [5, 5.41) is 4.09. The third-order valence-electron chi connectivity index (χ3n) is 2.58. The van der Waals surface area contributed by atoms with E-state index >= 15 is 0 Å². The van der Waals surface area contributed by atoms with Crippen LogP contribution in [0.1, 0.15) is 26.3 Å². The lowest BCUT2D eigenvalue weighted by atomic mass is 10.0. The second-order valence-corrected chi connectivity index (χ2v) is 5.50. The van der Waals surface area contributed by atoms with Gasteiger partial charge in [-0.15, -0.1) is 0 Å². The molecule has 0 aliphatic carbocycles. The molecule has 3 nitrogen and oxygen atoms in total. The Morgan fingerprint density at radius 2 is 2.06 bits per heavy atom. The van der Waals surface area contributed by atoms with Crippen LogP contribution >= 0.6 is 11.6 Å². The monoisotopic (exact) mass is 255 g/mol. The smallest absolute Gasteiger partial charge is 0.126 e. The van der Waals surface area contributed by atoms with Crippen molar-refractivity contribution in [1.82, 2.24) is 10.3 Å². The molecule has 0 spiro atoms. The van der Waals surface area contributed by atoms with Gasteiger partial charge in [0.05, 0.1) is 5.02 Å². The van der Waals surface area contributed by atoms with Crippen molar-refractivity contribution in [3.05, 3.63) is 22.8 Å². The van der Waals surface area contributed by atoms with Crippen molar-refractivity contribution in [2.24, 2.45) is 11.8 Å². The van der Waals surface area contributed by atoms with Crippen LogP contribution in [0.2, 0.25) is 5.02 Å². The highest BCUT2D eigenvalue weighted by molar-refractivity contribution is 6.30. The van der Waals surface area contributed by atoms with E-state index in [1.54, 1.807) is 6.20 Å². The highest BCUT2D eigenvalue weighted by Gasteiger charge is 2.08. The molecule has 1 aromatic rings. The maximum Gasteiger partial charge on any atom is 0.126 e. The van der Waals surface area contributed by atoms with Crippen LogP contribution in [0.4, 0.5) is 5.82 Å². The van der Waals surface area contributed by atoms with Gasteiger partial charge >= 0.3 is 0 Å². The van der Waals surface area contributed by atoms with Crippen LogP contribution in [0.3, 0.4) is 0 Å². The lowest BCUT2D eigenvalue weighted by Gasteiger charge is -2.15. The van der Waals surface area contributed by atoms with E-state index in [1.807, 2.05) is 6.07 Å². The Morgan fingerprint density at radius 3 is 2.71 bits per heavy atom. The number of nitrogens with two attached hydrogens (primary N) is 1. The number of hydrogen-bond acceptors (Lipinski definition) is 3. The Bertz CT molecular complexity index is 353. The number of halogens is 1. The minimum absolute atomic E-state index is 0.524. The van der Waals surface area contributed by atoms with E-state index in [9.17, 15) is 0 Å². The first kappa shape index (κ1) is 14.3. The SMILES string of the molecule is CC(C)CNCC(C)Cc1cc(Cl)cnc1N. The average Bonchev–Trinajstić information content (AvgIpc) is 2.23. The fourth-order valence-electron chi connectivity index (χ4n) is 1.72. The normalized spacial score (nSPS) is 13.0. The molecule has 0 fully saturated rings. The molecule has 3 N–H and O–H groups in total. The quantitative estimate of drug-likeness (QED) is 0.822. The zero-order chi connectivity index (χ0) is 12.8. The first-order valence-electron chi connectivity index (χ1n) is 6.09. The average molecular weight is 256 g/mol. The summed E-state index contributed by atoms with van der Waals surface area (Å²) < 4.78 is 0. The number of pyridine rings is 1. The summed E-state index contributed by atoms with van der Waals surface area (Å²) in [5.74, 6) is 1.79.